The van der Waals surface area contributed by atoms with E-state index in [4.69, 9.17) is 5.11 Å². The lowest BCUT2D eigenvalue weighted by Gasteiger charge is -2.06. The van der Waals surface area contributed by atoms with Crippen molar-refractivity contribution in [3.8, 4) is 0 Å². The Bertz CT molecular complexity index is 604. The van der Waals surface area contributed by atoms with Crippen LogP contribution in [-0.2, 0) is 0 Å². The van der Waals surface area contributed by atoms with Gasteiger partial charge in [0.2, 0.25) is 0 Å². The van der Waals surface area contributed by atoms with Gasteiger partial charge in [0.05, 0.1) is 5.56 Å². The van der Waals surface area contributed by atoms with Gasteiger partial charge in [-0.25, -0.2) is 9.78 Å². The van der Waals surface area contributed by atoms with Gasteiger partial charge in [0, 0.05) is 24.0 Å². The van der Waals surface area contributed by atoms with E-state index in [1.165, 1.54) is 12.1 Å². The number of anilines is 2. The van der Waals surface area contributed by atoms with Gasteiger partial charge in [-0.3, -0.25) is 4.68 Å². The number of rotatable bonds is 4. The molecule has 0 amide bonds. The van der Waals surface area contributed by atoms with Crippen LogP contribution in [-0.4, -0.2) is 25.8 Å². The zero-order chi connectivity index (χ0) is 14.0. The normalized spacial score (nSPS) is 10.7. The molecule has 0 aromatic carbocycles. The van der Waals surface area contributed by atoms with Gasteiger partial charge < -0.3 is 10.4 Å². The number of carboxylic acids is 1. The number of hydrogen-bond acceptors (Lipinski definition) is 4. The zero-order valence-electron chi connectivity index (χ0n) is 11.1. The Morgan fingerprint density at radius 3 is 2.68 bits per heavy atom. The molecule has 2 aromatic heterocycles. The van der Waals surface area contributed by atoms with Gasteiger partial charge in [-0.15, -0.1) is 0 Å². The first-order valence-electron chi connectivity index (χ1n) is 6.00. The van der Waals surface area contributed by atoms with E-state index in [1.807, 2.05) is 30.8 Å². The number of carboxylic acid groups (broad SMARTS) is 1. The SMILES string of the molecule is Cc1cc(C(=O)O)cc(Nc2ccn(C(C)C)n2)n1. The van der Waals surface area contributed by atoms with Gasteiger partial charge in [0.1, 0.15) is 5.82 Å². The van der Waals surface area contributed by atoms with E-state index in [9.17, 15) is 4.79 Å². The highest BCUT2D eigenvalue weighted by Gasteiger charge is 2.08. The first-order valence-corrected chi connectivity index (χ1v) is 6.00. The smallest absolute Gasteiger partial charge is 0.335 e. The lowest BCUT2D eigenvalue weighted by atomic mass is 10.2. The van der Waals surface area contributed by atoms with Crippen LogP contribution in [0.1, 0.15) is 35.9 Å². The minimum Gasteiger partial charge on any atom is -0.478 e. The fourth-order valence-electron chi connectivity index (χ4n) is 1.68. The Morgan fingerprint density at radius 2 is 2.11 bits per heavy atom. The molecule has 2 aromatic rings. The van der Waals surface area contributed by atoms with Gasteiger partial charge in [-0.2, -0.15) is 5.10 Å². The lowest BCUT2D eigenvalue weighted by molar-refractivity contribution is 0.0696. The van der Waals surface area contributed by atoms with Crippen LogP contribution in [0.15, 0.2) is 24.4 Å². The Labute approximate surface area is 111 Å². The summed E-state index contributed by atoms with van der Waals surface area (Å²) < 4.78 is 1.82. The quantitative estimate of drug-likeness (QED) is 0.883. The van der Waals surface area contributed by atoms with E-state index < -0.39 is 5.97 Å². The third-order valence-electron chi connectivity index (χ3n) is 2.59. The highest BCUT2D eigenvalue weighted by molar-refractivity contribution is 5.88. The summed E-state index contributed by atoms with van der Waals surface area (Å²) in [6.45, 7) is 5.82. The monoisotopic (exact) mass is 260 g/mol. The van der Waals surface area contributed by atoms with E-state index >= 15 is 0 Å². The van der Waals surface area contributed by atoms with Crippen LogP contribution in [0.4, 0.5) is 11.6 Å². The highest BCUT2D eigenvalue weighted by Crippen LogP contribution is 2.16. The predicted octanol–water partition coefficient (Wildman–Crippen LogP) is 2.61. The second-order valence-electron chi connectivity index (χ2n) is 4.59. The van der Waals surface area contributed by atoms with Crippen LogP contribution in [0, 0.1) is 6.92 Å². The van der Waals surface area contributed by atoms with Crippen molar-refractivity contribution in [3.63, 3.8) is 0 Å². The largest absolute Gasteiger partial charge is 0.478 e. The second kappa shape index (κ2) is 5.09. The summed E-state index contributed by atoms with van der Waals surface area (Å²) in [5.41, 5.74) is 0.851. The van der Waals surface area contributed by atoms with Crippen molar-refractivity contribution in [2.24, 2.45) is 0 Å². The Morgan fingerprint density at radius 1 is 1.37 bits per heavy atom. The van der Waals surface area contributed by atoms with Gasteiger partial charge in [0.15, 0.2) is 5.82 Å². The molecule has 2 heterocycles. The number of pyridine rings is 1. The molecule has 0 aliphatic carbocycles. The summed E-state index contributed by atoms with van der Waals surface area (Å²) in [7, 11) is 0. The molecule has 0 aliphatic rings. The molecule has 0 unspecified atom stereocenters. The van der Waals surface area contributed by atoms with E-state index in [1.54, 1.807) is 6.92 Å². The topological polar surface area (TPSA) is 80.0 Å². The number of aromatic carboxylic acids is 1. The zero-order valence-corrected chi connectivity index (χ0v) is 11.1. The summed E-state index contributed by atoms with van der Waals surface area (Å²) in [6, 6.07) is 5.12. The van der Waals surface area contributed by atoms with Gasteiger partial charge in [-0.05, 0) is 32.9 Å². The first kappa shape index (κ1) is 13.1. The standard InChI is InChI=1S/C13H16N4O2/c1-8(2)17-5-4-11(16-17)15-12-7-10(13(18)19)6-9(3)14-12/h4-8H,1-3H3,(H,18,19)(H,14,15,16). The van der Waals surface area contributed by atoms with Crippen molar-refractivity contribution in [2.45, 2.75) is 26.8 Å². The van der Waals surface area contributed by atoms with Gasteiger partial charge >= 0.3 is 5.97 Å². The third-order valence-corrected chi connectivity index (χ3v) is 2.59. The molecule has 0 bridgehead atoms. The molecule has 2 N–H and O–H groups in total. The minimum absolute atomic E-state index is 0.207. The fourth-order valence-corrected chi connectivity index (χ4v) is 1.68. The van der Waals surface area contributed by atoms with Crippen molar-refractivity contribution in [3.05, 3.63) is 35.7 Å². The molecule has 100 valence electrons. The summed E-state index contributed by atoms with van der Waals surface area (Å²) in [5.74, 6) is 0.149. The average Bonchev–Trinajstić information content (AvgIpc) is 2.76. The van der Waals surface area contributed by atoms with Crippen molar-refractivity contribution in [1.82, 2.24) is 14.8 Å². The number of aryl methyl sites for hydroxylation is 1. The maximum atomic E-state index is 11.0. The van der Waals surface area contributed by atoms with E-state index in [0.29, 0.717) is 17.3 Å². The molecule has 0 spiro atoms. The van der Waals surface area contributed by atoms with E-state index in [2.05, 4.69) is 15.4 Å². The molecule has 0 fully saturated rings. The van der Waals surface area contributed by atoms with Crippen LogP contribution in [0.3, 0.4) is 0 Å². The molecule has 19 heavy (non-hydrogen) atoms. The molecule has 0 aliphatic heterocycles. The van der Waals surface area contributed by atoms with Crippen molar-refractivity contribution in [1.29, 1.82) is 0 Å². The maximum Gasteiger partial charge on any atom is 0.335 e. The van der Waals surface area contributed by atoms with Crippen LogP contribution in [0.2, 0.25) is 0 Å². The number of aromatic nitrogens is 3. The molecular formula is C13H16N4O2. The molecule has 6 nitrogen and oxygen atoms in total. The predicted molar refractivity (Wildman–Crippen MR) is 71.8 cm³/mol. The highest BCUT2D eigenvalue weighted by atomic mass is 16.4. The number of hydrogen-bond donors (Lipinski definition) is 2. The number of carbonyl (C=O) groups is 1. The van der Waals surface area contributed by atoms with Crippen molar-refractivity contribution in [2.75, 3.05) is 5.32 Å². The van der Waals surface area contributed by atoms with E-state index in [-0.39, 0.29) is 11.6 Å². The molecule has 0 saturated heterocycles. The fraction of sp³-hybridized carbons (Fsp3) is 0.308. The number of nitrogens with one attached hydrogen (secondary N) is 1. The summed E-state index contributed by atoms with van der Waals surface area (Å²) in [4.78, 5) is 15.2. The first-order chi connectivity index (χ1) is 8.95. The molecule has 2 rings (SSSR count). The van der Waals surface area contributed by atoms with Gasteiger partial charge in [0.25, 0.3) is 0 Å². The van der Waals surface area contributed by atoms with Crippen LogP contribution in [0.25, 0.3) is 0 Å². The third kappa shape index (κ3) is 3.09. The van der Waals surface area contributed by atoms with Crippen molar-refractivity contribution < 1.29 is 9.90 Å². The Kier molecular flexibility index (Phi) is 3.50. The summed E-state index contributed by atoms with van der Waals surface area (Å²) in [5, 5.41) is 16.3. The van der Waals surface area contributed by atoms with Crippen LogP contribution in [0.5, 0.6) is 0 Å². The Balaban J connectivity index is 2.24. The van der Waals surface area contributed by atoms with Crippen LogP contribution >= 0.6 is 0 Å². The number of nitrogens with zero attached hydrogens (tertiary/aromatic N) is 3. The maximum absolute atomic E-state index is 11.0. The average molecular weight is 260 g/mol. The molecule has 0 radical (unpaired) electrons. The lowest BCUT2D eigenvalue weighted by Crippen LogP contribution is -2.04. The van der Waals surface area contributed by atoms with Crippen LogP contribution < -0.4 is 5.32 Å². The molecular weight excluding hydrogens is 244 g/mol. The van der Waals surface area contributed by atoms with E-state index in [0.717, 1.165) is 0 Å². The molecule has 0 saturated carbocycles. The minimum atomic E-state index is -0.971. The summed E-state index contributed by atoms with van der Waals surface area (Å²) >= 11 is 0. The second-order valence-corrected chi connectivity index (χ2v) is 4.59. The molecule has 6 heteroatoms. The summed E-state index contributed by atoms with van der Waals surface area (Å²) in [6.07, 6.45) is 1.86. The van der Waals surface area contributed by atoms with Crippen molar-refractivity contribution >= 4 is 17.6 Å². The van der Waals surface area contributed by atoms with Gasteiger partial charge in [-0.1, -0.05) is 0 Å². The Hall–Kier alpha value is -2.37. The molecule has 0 atom stereocenters.